The molecule has 0 heterocycles. The van der Waals surface area contributed by atoms with Gasteiger partial charge in [-0.25, -0.2) is 0 Å². The van der Waals surface area contributed by atoms with E-state index >= 15 is 0 Å². The summed E-state index contributed by atoms with van der Waals surface area (Å²) in [5, 5.41) is 23.0. The smallest absolute Gasteiger partial charge is 0.305 e. The highest BCUT2D eigenvalue weighted by atomic mass is 16.5. The van der Waals surface area contributed by atoms with Gasteiger partial charge in [-0.2, -0.15) is 0 Å². The molecule has 0 aromatic heterocycles. The number of carbonyl (C=O) groups is 2. The lowest BCUT2D eigenvalue weighted by Crippen LogP contribution is -2.45. The summed E-state index contributed by atoms with van der Waals surface area (Å²) in [5.74, 6) is -0.0599. The summed E-state index contributed by atoms with van der Waals surface area (Å²) >= 11 is 0. The molecule has 0 aliphatic carbocycles. The SMILES string of the molecule is CCCCCC/C=C\CCCCCCCC(=O)OCCCCCCCCCCCCC/C=C\C/C=C\CCCCCCCCCCCCCCCCCCCC(=O)NC(CO)C(O)/C=C/CCCCCCCCCC. The number of aliphatic hydroxyl groups excluding tert-OH is 2. The molecule has 75 heavy (non-hydrogen) atoms. The van der Waals surface area contributed by atoms with E-state index in [1.165, 1.54) is 276 Å². The fourth-order valence-corrected chi connectivity index (χ4v) is 10.2. The lowest BCUT2D eigenvalue weighted by molar-refractivity contribution is -0.143. The fourth-order valence-electron chi connectivity index (χ4n) is 10.2. The van der Waals surface area contributed by atoms with Crippen LogP contribution in [0.3, 0.4) is 0 Å². The first-order valence-electron chi connectivity index (χ1n) is 33.4. The maximum Gasteiger partial charge on any atom is 0.305 e. The maximum atomic E-state index is 12.4. The van der Waals surface area contributed by atoms with E-state index in [4.69, 9.17) is 4.74 Å². The molecule has 0 rings (SSSR count). The molecule has 1 amide bonds. The third-order valence-corrected chi connectivity index (χ3v) is 15.3. The van der Waals surface area contributed by atoms with Gasteiger partial charge in [-0.05, 0) is 89.9 Å². The van der Waals surface area contributed by atoms with E-state index in [9.17, 15) is 19.8 Å². The number of aliphatic hydroxyl groups is 2. The number of ether oxygens (including phenoxy) is 1. The van der Waals surface area contributed by atoms with Crippen LogP contribution in [0, 0.1) is 0 Å². The van der Waals surface area contributed by atoms with Crippen molar-refractivity contribution < 1.29 is 24.5 Å². The van der Waals surface area contributed by atoms with Crippen molar-refractivity contribution in [1.29, 1.82) is 0 Å². The van der Waals surface area contributed by atoms with E-state index in [1.807, 2.05) is 6.08 Å². The zero-order chi connectivity index (χ0) is 54.3. The predicted molar refractivity (Wildman–Crippen MR) is 329 cm³/mol. The number of esters is 1. The van der Waals surface area contributed by atoms with Crippen LogP contribution in [-0.2, 0) is 14.3 Å². The Morgan fingerprint density at radius 2 is 0.667 bits per heavy atom. The highest BCUT2D eigenvalue weighted by Gasteiger charge is 2.18. The third-order valence-electron chi connectivity index (χ3n) is 15.3. The van der Waals surface area contributed by atoms with Crippen LogP contribution in [0.15, 0.2) is 48.6 Å². The third kappa shape index (κ3) is 60.9. The highest BCUT2D eigenvalue weighted by molar-refractivity contribution is 5.76. The lowest BCUT2D eigenvalue weighted by atomic mass is 10.0. The molecule has 0 aliphatic heterocycles. The van der Waals surface area contributed by atoms with Crippen molar-refractivity contribution in [3.63, 3.8) is 0 Å². The molecule has 6 nitrogen and oxygen atoms in total. The van der Waals surface area contributed by atoms with Gasteiger partial charge in [-0.3, -0.25) is 9.59 Å². The quantitative estimate of drug-likeness (QED) is 0.0320. The van der Waals surface area contributed by atoms with Crippen LogP contribution in [0.4, 0.5) is 0 Å². The van der Waals surface area contributed by atoms with E-state index in [0.29, 0.717) is 19.4 Å². The number of carbonyl (C=O) groups excluding carboxylic acids is 2. The average Bonchev–Trinajstić information content (AvgIpc) is 3.41. The zero-order valence-corrected chi connectivity index (χ0v) is 50.3. The van der Waals surface area contributed by atoms with E-state index < -0.39 is 12.1 Å². The molecule has 0 saturated carbocycles. The molecule has 440 valence electrons. The second-order valence-corrected chi connectivity index (χ2v) is 22.8. The number of hydrogen-bond acceptors (Lipinski definition) is 5. The van der Waals surface area contributed by atoms with Gasteiger partial charge in [-0.1, -0.05) is 300 Å². The van der Waals surface area contributed by atoms with E-state index in [-0.39, 0.29) is 18.5 Å². The lowest BCUT2D eigenvalue weighted by Gasteiger charge is -2.20. The molecule has 0 radical (unpaired) electrons. The normalized spacial score (nSPS) is 12.9. The Morgan fingerprint density at radius 1 is 0.373 bits per heavy atom. The van der Waals surface area contributed by atoms with Gasteiger partial charge in [0.1, 0.15) is 0 Å². The summed E-state index contributed by atoms with van der Waals surface area (Å²) in [6.45, 7) is 4.88. The summed E-state index contributed by atoms with van der Waals surface area (Å²) in [4.78, 5) is 24.4. The molecule has 6 heteroatoms. The summed E-state index contributed by atoms with van der Waals surface area (Å²) in [6, 6.07) is -0.624. The summed E-state index contributed by atoms with van der Waals surface area (Å²) < 4.78 is 5.48. The van der Waals surface area contributed by atoms with Gasteiger partial charge in [0.25, 0.3) is 0 Å². The summed E-state index contributed by atoms with van der Waals surface area (Å²) in [7, 11) is 0. The van der Waals surface area contributed by atoms with Crippen LogP contribution in [-0.4, -0.2) is 47.4 Å². The zero-order valence-electron chi connectivity index (χ0n) is 50.3. The van der Waals surface area contributed by atoms with Crippen LogP contribution in [0.2, 0.25) is 0 Å². The Hall–Kier alpha value is -2.18. The molecule has 0 spiro atoms. The van der Waals surface area contributed by atoms with E-state index in [2.05, 4.69) is 55.6 Å². The molecule has 2 unspecified atom stereocenters. The number of rotatable bonds is 62. The number of hydrogen-bond donors (Lipinski definition) is 3. The highest BCUT2D eigenvalue weighted by Crippen LogP contribution is 2.17. The van der Waals surface area contributed by atoms with Gasteiger partial charge < -0.3 is 20.3 Å². The van der Waals surface area contributed by atoms with E-state index in [0.717, 1.165) is 51.4 Å². The first-order chi connectivity index (χ1) is 37.0. The summed E-state index contributed by atoms with van der Waals surface area (Å²) in [5.41, 5.74) is 0. The number of nitrogens with one attached hydrogen (secondary N) is 1. The number of unbranched alkanes of at least 4 members (excludes halogenated alkanes) is 45. The second kappa shape index (κ2) is 64.3. The number of allylic oxidation sites excluding steroid dienone is 7. The molecule has 0 fully saturated rings. The van der Waals surface area contributed by atoms with Gasteiger partial charge in [0.15, 0.2) is 0 Å². The minimum absolute atomic E-state index is 0.00702. The molecule has 0 aromatic rings. The van der Waals surface area contributed by atoms with E-state index in [1.54, 1.807) is 6.08 Å². The standard InChI is InChI=1S/C69H129NO5/c1-3-5-7-9-11-13-15-39-43-47-51-55-59-63-69(74)75-64-60-56-52-48-44-41-38-36-34-32-30-28-26-24-22-20-18-16-17-19-21-23-25-27-29-31-33-35-37-40-42-46-50-54-58-62-68(73)70-66(65-71)67(72)61-57-53-49-45-14-12-10-8-6-4-2/h13,15,18,20,24,26,57,61,66-67,71-72H,3-12,14,16-17,19,21-23,25,27-56,58-60,62-65H2,1-2H3,(H,70,73)/b15-13-,20-18-,26-24-,61-57+. The monoisotopic (exact) mass is 1050 g/mol. The molecule has 0 bridgehead atoms. The van der Waals surface area contributed by atoms with Gasteiger partial charge in [0.2, 0.25) is 5.91 Å². The van der Waals surface area contributed by atoms with Crippen molar-refractivity contribution in [3.8, 4) is 0 Å². The van der Waals surface area contributed by atoms with Crippen LogP contribution in [0.5, 0.6) is 0 Å². The van der Waals surface area contributed by atoms with Crippen molar-refractivity contribution in [2.75, 3.05) is 13.2 Å². The minimum Gasteiger partial charge on any atom is -0.466 e. The Kier molecular flexibility index (Phi) is 62.5. The van der Waals surface area contributed by atoms with Crippen LogP contribution in [0.1, 0.15) is 354 Å². The Bertz CT molecular complexity index is 1260. The first-order valence-corrected chi connectivity index (χ1v) is 33.4. The van der Waals surface area contributed by atoms with Gasteiger partial charge in [0, 0.05) is 12.8 Å². The maximum absolute atomic E-state index is 12.4. The van der Waals surface area contributed by atoms with Crippen molar-refractivity contribution in [3.05, 3.63) is 48.6 Å². The molecule has 0 aliphatic rings. The van der Waals surface area contributed by atoms with Crippen molar-refractivity contribution >= 4 is 11.9 Å². The Morgan fingerprint density at radius 3 is 1.04 bits per heavy atom. The second-order valence-electron chi connectivity index (χ2n) is 22.8. The largest absolute Gasteiger partial charge is 0.466 e. The van der Waals surface area contributed by atoms with Gasteiger partial charge in [-0.15, -0.1) is 0 Å². The Balaban J connectivity index is 3.36. The molecule has 2 atom stereocenters. The summed E-state index contributed by atoms with van der Waals surface area (Å²) in [6.07, 6.45) is 83.4. The minimum atomic E-state index is -0.841. The number of amides is 1. The fraction of sp³-hybridized carbons (Fsp3) is 0.855. The van der Waals surface area contributed by atoms with Gasteiger partial charge >= 0.3 is 5.97 Å². The molecule has 3 N–H and O–H groups in total. The molecule has 0 saturated heterocycles. The van der Waals surface area contributed by atoms with Crippen LogP contribution in [0.25, 0.3) is 0 Å². The topological polar surface area (TPSA) is 95.9 Å². The molecular formula is C69H129NO5. The van der Waals surface area contributed by atoms with Crippen molar-refractivity contribution in [2.24, 2.45) is 0 Å². The average molecular weight is 1050 g/mol. The first kappa shape index (κ1) is 72.8. The molecule has 0 aromatic carbocycles. The predicted octanol–water partition coefficient (Wildman–Crippen LogP) is 21.3. The Labute approximate surface area is 467 Å². The molecular weight excluding hydrogens is 923 g/mol. The van der Waals surface area contributed by atoms with Crippen molar-refractivity contribution in [2.45, 2.75) is 366 Å². The van der Waals surface area contributed by atoms with Crippen LogP contribution >= 0.6 is 0 Å². The van der Waals surface area contributed by atoms with Crippen molar-refractivity contribution in [1.82, 2.24) is 5.32 Å². The van der Waals surface area contributed by atoms with Crippen LogP contribution < -0.4 is 5.32 Å². The van der Waals surface area contributed by atoms with Gasteiger partial charge in [0.05, 0.1) is 25.4 Å².